The van der Waals surface area contributed by atoms with E-state index in [4.69, 9.17) is 0 Å². The van der Waals surface area contributed by atoms with Crippen molar-refractivity contribution in [1.82, 2.24) is 4.31 Å². The van der Waals surface area contributed by atoms with Crippen LogP contribution in [0.1, 0.15) is 49.1 Å². The quantitative estimate of drug-likeness (QED) is 0.825. The zero-order valence-corrected chi connectivity index (χ0v) is 15.7. The Labute approximate surface area is 155 Å². The lowest BCUT2D eigenvalue weighted by Crippen LogP contribution is -2.64. The Morgan fingerprint density at radius 1 is 1.19 bits per heavy atom. The minimum atomic E-state index is -3.53. The van der Waals surface area contributed by atoms with E-state index in [2.05, 4.69) is 17.9 Å². The van der Waals surface area contributed by atoms with Gasteiger partial charge in [0.15, 0.2) is 0 Å². The van der Waals surface area contributed by atoms with Gasteiger partial charge in [0.05, 0.1) is 25.0 Å². The van der Waals surface area contributed by atoms with E-state index in [1.54, 1.807) is 0 Å². The highest BCUT2D eigenvalue weighted by molar-refractivity contribution is 7.88. The Balaban J connectivity index is 1.76. The topological polar surface area (TPSA) is 81.4 Å². The molecule has 0 radical (unpaired) electrons. The highest BCUT2D eigenvalue weighted by Gasteiger charge is 2.53. The molecule has 3 atom stereocenters. The molecule has 1 saturated carbocycles. The maximum Gasteiger partial charge on any atom is 0.212 e. The smallest absolute Gasteiger partial charge is 0.212 e. The van der Waals surface area contributed by atoms with Crippen LogP contribution in [0.3, 0.4) is 0 Å². The van der Waals surface area contributed by atoms with E-state index in [1.807, 2.05) is 24.3 Å². The molecule has 1 aromatic rings. The Morgan fingerprint density at radius 3 is 2.38 bits per heavy atom. The molecule has 2 fully saturated rings. The average molecular weight is 372 g/mol. The summed E-state index contributed by atoms with van der Waals surface area (Å²) in [6.45, 7) is -0.306. The Hall–Kier alpha value is -1.86. The first-order chi connectivity index (χ1) is 12.5. The van der Waals surface area contributed by atoms with Gasteiger partial charge in [-0.2, -0.15) is 9.57 Å². The molecule has 2 aliphatic rings. The Morgan fingerprint density at radius 2 is 1.85 bits per heavy atom. The van der Waals surface area contributed by atoms with Crippen LogP contribution in [0.25, 0.3) is 0 Å². The fourth-order valence-electron chi connectivity index (χ4n) is 4.04. The molecule has 0 spiro atoms. The summed E-state index contributed by atoms with van der Waals surface area (Å²) in [4.78, 5) is 0. The van der Waals surface area contributed by atoms with Crippen LogP contribution >= 0.6 is 0 Å². The molecule has 0 unspecified atom stereocenters. The summed E-state index contributed by atoms with van der Waals surface area (Å²) in [7, 11) is -3.53. The van der Waals surface area contributed by atoms with Crippen molar-refractivity contribution in [3.05, 3.63) is 35.4 Å². The standard InChI is InChI=1S/C20H24N2O3S/c1-26(24,25)22-18(13-21)20(19(22)14-23)17-11-9-16(10-12-17)8-7-15-5-3-2-4-6-15/h9-12,15,18-20,23H,2-6,14H2,1H3/t18-,19-,20+/m0/s1. The SMILES string of the molecule is CS(=O)(=O)N1[C@@H](C#N)[C@@H](c2ccc(C#CC3CCCCC3)cc2)[C@@H]1CO. The largest absolute Gasteiger partial charge is 0.395 e. The van der Waals surface area contributed by atoms with Gasteiger partial charge in [0.2, 0.25) is 10.0 Å². The van der Waals surface area contributed by atoms with Crippen LogP contribution < -0.4 is 0 Å². The first-order valence-corrected chi connectivity index (χ1v) is 10.9. The van der Waals surface area contributed by atoms with Crippen LogP contribution in [0.15, 0.2) is 24.3 Å². The molecule has 138 valence electrons. The van der Waals surface area contributed by atoms with Crippen molar-refractivity contribution in [2.24, 2.45) is 5.92 Å². The predicted octanol–water partition coefficient (Wildman–Crippen LogP) is 2.23. The van der Waals surface area contributed by atoms with Crippen molar-refractivity contribution in [3.8, 4) is 17.9 Å². The maximum absolute atomic E-state index is 11.9. The van der Waals surface area contributed by atoms with Crippen molar-refractivity contribution in [2.45, 2.75) is 50.1 Å². The van der Waals surface area contributed by atoms with Crippen molar-refractivity contribution >= 4 is 10.0 Å². The molecule has 5 nitrogen and oxygen atoms in total. The first kappa shape index (κ1) is 18.9. The third-order valence-corrected chi connectivity index (χ3v) is 6.64. The minimum absolute atomic E-state index is 0.306. The molecule has 1 N–H and O–H groups in total. The summed E-state index contributed by atoms with van der Waals surface area (Å²) in [5.41, 5.74) is 1.78. The van der Waals surface area contributed by atoms with E-state index < -0.39 is 22.1 Å². The molecule has 1 heterocycles. The van der Waals surface area contributed by atoms with E-state index in [9.17, 15) is 18.8 Å². The molecule has 3 rings (SSSR count). The first-order valence-electron chi connectivity index (χ1n) is 9.06. The number of aliphatic hydroxyl groups excluding tert-OH is 1. The number of sulfonamides is 1. The molecule has 0 aromatic heterocycles. The number of hydrogen-bond acceptors (Lipinski definition) is 4. The van der Waals surface area contributed by atoms with Crippen molar-refractivity contribution in [1.29, 1.82) is 5.26 Å². The van der Waals surface area contributed by atoms with Gasteiger partial charge in [-0.3, -0.25) is 0 Å². The summed E-state index contributed by atoms with van der Waals surface area (Å²) in [5, 5.41) is 19.0. The van der Waals surface area contributed by atoms with E-state index >= 15 is 0 Å². The van der Waals surface area contributed by atoms with Gasteiger partial charge in [0.1, 0.15) is 6.04 Å². The second-order valence-corrected chi connectivity index (χ2v) is 9.06. The van der Waals surface area contributed by atoms with Crippen LogP contribution in [-0.4, -0.2) is 42.8 Å². The normalized spacial score (nSPS) is 27.0. The maximum atomic E-state index is 11.9. The fraction of sp³-hybridized carbons (Fsp3) is 0.550. The highest BCUT2D eigenvalue weighted by atomic mass is 32.2. The van der Waals surface area contributed by atoms with Gasteiger partial charge >= 0.3 is 0 Å². The monoisotopic (exact) mass is 372 g/mol. The molecule has 26 heavy (non-hydrogen) atoms. The molecule has 1 aliphatic heterocycles. The molecule has 6 heteroatoms. The molecule has 0 bridgehead atoms. The second-order valence-electron chi connectivity index (χ2n) is 7.17. The summed E-state index contributed by atoms with van der Waals surface area (Å²) in [6, 6.07) is 8.31. The molecular formula is C20H24N2O3S. The van der Waals surface area contributed by atoms with Crippen molar-refractivity contribution in [3.63, 3.8) is 0 Å². The third kappa shape index (κ3) is 3.78. The number of nitriles is 1. The molecule has 1 aliphatic carbocycles. The van der Waals surface area contributed by atoms with Crippen LogP contribution in [0.5, 0.6) is 0 Å². The second kappa shape index (κ2) is 7.80. The summed E-state index contributed by atoms with van der Waals surface area (Å²) >= 11 is 0. The lowest BCUT2D eigenvalue weighted by Gasteiger charge is -2.49. The number of aliphatic hydroxyl groups is 1. The minimum Gasteiger partial charge on any atom is -0.395 e. The fourth-order valence-corrected chi connectivity index (χ4v) is 5.32. The zero-order chi connectivity index (χ0) is 18.7. The van der Waals surface area contributed by atoms with E-state index in [-0.39, 0.29) is 12.5 Å². The number of hydrogen-bond donors (Lipinski definition) is 1. The lowest BCUT2D eigenvalue weighted by atomic mass is 9.78. The molecule has 1 aromatic carbocycles. The van der Waals surface area contributed by atoms with Gasteiger partial charge in [0.25, 0.3) is 0 Å². The van der Waals surface area contributed by atoms with Gasteiger partial charge in [-0.25, -0.2) is 8.42 Å². The molecule has 1 saturated heterocycles. The van der Waals surface area contributed by atoms with Crippen LogP contribution in [0, 0.1) is 29.1 Å². The number of benzene rings is 1. The van der Waals surface area contributed by atoms with Crippen LogP contribution in [0.2, 0.25) is 0 Å². The zero-order valence-electron chi connectivity index (χ0n) is 14.9. The summed E-state index contributed by atoms with van der Waals surface area (Å²) in [5.74, 6) is 6.75. The Kier molecular flexibility index (Phi) is 5.67. The average Bonchev–Trinajstić information content (AvgIpc) is 2.60. The van der Waals surface area contributed by atoms with Gasteiger partial charge < -0.3 is 5.11 Å². The summed E-state index contributed by atoms with van der Waals surface area (Å²) in [6.07, 6.45) is 7.25. The highest BCUT2D eigenvalue weighted by Crippen LogP contribution is 2.41. The van der Waals surface area contributed by atoms with Gasteiger partial charge in [-0.1, -0.05) is 43.2 Å². The molecule has 0 amide bonds. The number of rotatable bonds is 3. The van der Waals surface area contributed by atoms with Crippen molar-refractivity contribution < 1.29 is 13.5 Å². The predicted molar refractivity (Wildman–Crippen MR) is 99.6 cm³/mol. The number of nitrogens with zero attached hydrogens (tertiary/aromatic N) is 2. The van der Waals surface area contributed by atoms with E-state index in [0.29, 0.717) is 5.92 Å². The van der Waals surface area contributed by atoms with Crippen LogP contribution in [-0.2, 0) is 10.0 Å². The van der Waals surface area contributed by atoms with E-state index in [1.165, 1.54) is 32.1 Å². The van der Waals surface area contributed by atoms with E-state index in [0.717, 1.165) is 21.7 Å². The molecular weight excluding hydrogens is 348 g/mol. The summed E-state index contributed by atoms with van der Waals surface area (Å²) < 4.78 is 24.8. The van der Waals surface area contributed by atoms with Crippen LogP contribution in [0.4, 0.5) is 0 Å². The Bertz CT molecular complexity index is 840. The third-order valence-electron chi connectivity index (χ3n) is 5.38. The van der Waals surface area contributed by atoms with Crippen molar-refractivity contribution in [2.75, 3.05) is 12.9 Å². The van der Waals surface area contributed by atoms with Gasteiger partial charge in [-0.15, -0.1) is 0 Å². The van der Waals surface area contributed by atoms with Gasteiger partial charge in [-0.05, 0) is 30.5 Å². The lowest BCUT2D eigenvalue weighted by molar-refractivity contribution is 0.0564. The van der Waals surface area contributed by atoms with Gasteiger partial charge in [0, 0.05) is 17.4 Å².